The Kier molecular flexibility index (Phi) is 5.20. The molecule has 0 aliphatic heterocycles. The zero-order valence-electron chi connectivity index (χ0n) is 10.7. The Bertz CT molecular complexity index is 356. The Morgan fingerprint density at radius 2 is 2.11 bits per heavy atom. The lowest BCUT2D eigenvalue weighted by molar-refractivity contribution is -0.121. The van der Waals surface area contributed by atoms with Crippen LogP contribution in [0.1, 0.15) is 43.4 Å². The van der Waals surface area contributed by atoms with E-state index in [4.69, 9.17) is 5.73 Å². The van der Waals surface area contributed by atoms with Gasteiger partial charge in [-0.05, 0) is 30.2 Å². The Morgan fingerprint density at radius 1 is 1.39 bits per heavy atom. The van der Waals surface area contributed by atoms with Crippen molar-refractivity contribution in [3.63, 3.8) is 0 Å². The lowest BCUT2D eigenvalue weighted by Crippen LogP contribution is -2.46. The van der Waals surface area contributed by atoms with Crippen molar-refractivity contribution in [2.75, 3.05) is 0 Å². The number of hydrogen-bond acceptors (Lipinski definition) is 3. The number of thiophene rings is 1. The van der Waals surface area contributed by atoms with Crippen LogP contribution in [0.25, 0.3) is 0 Å². The first-order chi connectivity index (χ1) is 8.77. The standard InChI is InChI=1S/C14H22N2OS/c15-14(17)13(11-6-3-1-2-4-7-11)16-10-12-8-5-9-18-12/h5,8-9,11,13,16H,1-4,6-7,10H2,(H2,15,17). The van der Waals surface area contributed by atoms with Crippen molar-refractivity contribution in [3.8, 4) is 0 Å². The lowest BCUT2D eigenvalue weighted by atomic mass is 9.91. The normalized spacial score (nSPS) is 19.3. The number of nitrogens with one attached hydrogen (secondary N) is 1. The average molecular weight is 266 g/mol. The maximum absolute atomic E-state index is 11.6. The number of rotatable bonds is 5. The molecule has 18 heavy (non-hydrogen) atoms. The largest absolute Gasteiger partial charge is 0.368 e. The van der Waals surface area contributed by atoms with Gasteiger partial charge in [-0.3, -0.25) is 4.79 Å². The van der Waals surface area contributed by atoms with Gasteiger partial charge in [-0.1, -0.05) is 31.7 Å². The van der Waals surface area contributed by atoms with Gasteiger partial charge in [-0.25, -0.2) is 0 Å². The van der Waals surface area contributed by atoms with Crippen molar-refractivity contribution in [2.45, 2.75) is 51.1 Å². The summed E-state index contributed by atoms with van der Waals surface area (Å²) in [5, 5.41) is 5.41. The van der Waals surface area contributed by atoms with Crippen LogP contribution >= 0.6 is 11.3 Å². The predicted molar refractivity (Wildman–Crippen MR) is 75.3 cm³/mol. The fourth-order valence-corrected chi connectivity index (χ4v) is 3.42. The molecule has 1 aromatic rings. The van der Waals surface area contributed by atoms with E-state index in [9.17, 15) is 4.79 Å². The van der Waals surface area contributed by atoms with Crippen LogP contribution in [-0.2, 0) is 11.3 Å². The highest BCUT2D eigenvalue weighted by Crippen LogP contribution is 2.25. The molecule has 1 aliphatic carbocycles. The second kappa shape index (κ2) is 6.90. The molecule has 4 heteroatoms. The van der Waals surface area contributed by atoms with Crippen LogP contribution in [0.2, 0.25) is 0 Å². The fraction of sp³-hybridized carbons (Fsp3) is 0.643. The van der Waals surface area contributed by atoms with Crippen LogP contribution in [-0.4, -0.2) is 11.9 Å². The van der Waals surface area contributed by atoms with Gasteiger partial charge in [0, 0.05) is 11.4 Å². The molecule has 1 unspecified atom stereocenters. The molecular weight excluding hydrogens is 244 g/mol. The van der Waals surface area contributed by atoms with E-state index >= 15 is 0 Å². The molecule has 0 radical (unpaired) electrons. The van der Waals surface area contributed by atoms with E-state index in [0.29, 0.717) is 5.92 Å². The van der Waals surface area contributed by atoms with E-state index in [0.717, 1.165) is 19.4 Å². The zero-order valence-corrected chi connectivity index (χ0v) is 11.5. The molecule has 2 rings (SSSR count). The Balaban J connectivity index is 1.92. The first-order valence-electron chi connectivity index (χ1n) is 6.82. The highest BCUT2D eigenvalue weighted by molar-refractivity contribution is 7.09. The third-order valence-electron chi connectivity index (χ3n) is 3.75. The van der Waals surface area contributed by atoms with Crippen molar-refractivity contribution in [1.82, 2.24) is 5.32 Å². The minimum absolute atomic E-state index is 0.162. The number of nitrogens with two attached hydrogens (primary N) is 1. The van der Waals surface area contributed by atoms with E-state index in [1.165, 1.54) is 30.6 Å². The minimum Gasteiger partial charge on any atom is -0.368 e. The van der Waals surface area contributed by atoms with E-state index in [-0.39, 0.29) is 11.9 Å². The van der Waals surface area contributed by atoms with Crippen molar-refractivity contribution in [1.29, 1.82) is 0 Å². The van der Waals surface area contributed by atoms with Crippen LogP contribution < -0.4 is 11.1 Å². The van der Waals surface area contributed by atoms with E-state index < -0.39 is 0 Å². The molecule has 1 atom stereocenters. The van der Waals surface area contributed by atoms with Gasteiger partial charge in [-0.2, -0.15) is 0 Å². The maximum Gasteiger partial charge on any atom is 0.234 e. The van der Waals surface area contributed by atoms with Crippen LogP contribution in [0, 0.1) is 5.92 Å². The molecule has 0 spiro atoms. The van der Waals surface area contributed by atoms with Crippen LogP contribution in [0.3, 0.4) is 0 Å². The number of primary amides is 1. The zero-order chi connectivity index (χ0) is 12.8. The van der Waals surface area contributed by atoms with Crippen molar-refractivity contribution < 1.29 is 4.79 Å². The monoisotopic (exact) mass is 266 g/mol. The van der Waals surface area contributed by atoms with Crippen LogP contribution in [0.5, 0.6) is 0 Å². The summed E-state index contributed by atoms with van der Waals surface area (Å²) in [7, 11) is 0. The molecule has 0 saturated heterocycles. The first kappa shape index (κ1) is 13.6. The molecule has 3 N–H and O–H groups in total. The molecule has 1 fully saturated rings. The van der Waals surface area contributed by atoms with Gasteiger partial charge >= 0.3 is 0 Å². The number of hydrogen-bond donors (Lipinski definition) is 2. The van der Waals surface area contributed by atoms with Gasteiger partial charge in [0.15, 0.2) is 0 Å². The summed E-state index contributed by atoms with van der Waals surface area (Å²) >= 11 is 1.71. The molecule has 0 aromatic carbocycles. The van der Waals surface area contributed by atoms with Gasteiger partial charge < -0.3 is 11.1 Å². The molecule has 3 nitrogen and oxygen atoms in total. The molecule has 100 valence electrons. The summed E-state index contributed by atoms with van der Waals surface area (Å²) in [5.41, 5.74) is 5.56. The third kappa shape index (κ3) is 3.82. The molecule has 1 aromatic heterocycles. The predicted octanol–water partition coefficient (Wildman–Crippen LogP) is 2.66. The second-order valence-electron chi connectivity index (χ2n) is 5.09. The number of amides is 1. The highest BCUT2D eigenvalue weighted by atomic mass is 32.1. The Hall–Kier alpha value is -0.870. The lowest BCUT2D eigenvalue weighted by Gasteiger charge is -2.24. The summed E-state index contributed by atoms with van der Waals surface area (Å²) < 4.78 is 0. The second-order valence-corrected chi connectivity index (χ2v) is 6.12. The molecule has 0 bridgehead atoms. The molecule has 1 amide bonds. The van der Waals surface area contributed by atoms with Crippen molar-refractivity contribution in [2.24, 2.45) is 11.7 Å². The van der Waals surface area contributed by atoms with Crippen LogP contribution in [0.15, 0.2) is 17.5 Å². The highest BCUT2D eigenvalue weighted by Gasteiger charge is 2.26. The maximum atomic E-state index is 11.6. The SMILES string of the molecule is NC(=O)C(NCc1cccs1)C1CCCCCC1. The van der Waals surface area contributed by atoms with Gasteiger partial charge in [0.2, 0.25) is 5.91 Å². The topological polar surface area (TPSA) is 55.1 Å². The summed E-state index contributed by atoms with van der Waals surface area (Å²) in [5.74, 6) is 0.225. The molecule has 1 heterocycles. The van der Waals surface area contributed by atoms with Gasteiger partial charge in [0.25, 0.3) is 0 Å². The summed E-state index contributed by atoms with van der Waals surface area (Å²) in [6.45, 7) is 0.752. The molecule has 1 saturated carbocycles. The first-order valence-corrected chi connectivity index (χ1v) is 7.70. The van der Waals surface area contributed by atoms with Gasteiger partial charge in [-0.15, -0.1) is 11.3 Å². The summed E-state index contributed by atoms with van der Waals surface area (Å²) in [4.78, 5) is 12.9. The number of carbonyl (C=O) groups is 1. The van der Waals surface area contributed by atoms with Crippen molar-refractivity contribution in [3.05, 3.63) is 22.4 Å². The smallest absolute Gasteiger partial charge is 0.234 e. The quantitative estimate of drug-likeness (QED) is 0.805. The third-order valence-corrected chi connectivity index (χ3v) is 4.63. The van der Waals surface area contributed by atoms with Gasteiger partial charge in [0.05, 0.1) is 6.04 Å². The van der Waals surface area contributed by atoms with E-state index in [2.05, 4.69) is 16.8 Å². The molecule has 1 aliphatic rings. The fourth-order valence-electron chi connectivity index (χ4n) is 2.77. The minimum atomic E-state index is -0.196. The summed E-state index contributed by atoms with van der Waals surface area (Å²) in [6, 6.07) is 3.96. The Labute approximate surface area is 113 Å². The van der Waals surface area contributed by atoms with E-state index in [1.807, 2.05) is 6.07 Å². The van der Waals surface area contributed by atoms with Crippen LogP contribution in [0.4, 0.5) is 0 Å². The Morgan fingerprint density at radius 3 is 2.67 bits per heavy atom. The summed E-state index contributed by atoms with van der Waals surface area (Å²) in [6.07, 6.45) is 7.32. The van der Waals surface area contributed by atoms with Gasteiger partial charge in [0.1, 0.15) is 0 Å². The van der Waals surface area contributed by atoms with Crippen molar-refractivity contribution >= 4 is 17.2 Å². The average Bonchev–Trinajstić information content (AvgIpc) is 2.72. The number of carbonyl (C=O) groups excluding carboxylic acids is 1. The molecular formula is C14H22N2OS. The van der Waals surface area contributed by atoms with E-state index in [1.54, 1.807) is 11.3 Å².